The Hall–Kier alpha value is -4.44. The molecule has 38 heavy (non-hydrogen) atoms. The number of hydrogen-bond acceptors (Lipinski definition) is 7. The third-order valence-electron chi connectivity index (χ3n) is 7.21. The van der Waals surface area contributed by atoms with Gasteiger partial charge in [-0.15, -0.1) is 10.2 Å². The second-order valence-corrected chi connectivity index (χ2v) is 9.78. The summed E-state index contributed by atoms with van der Waals surface area (Å²) in [6.07, 6.45) is 3.58. The number of fused-ring (bicyclic) bond motifs is 1. The fourth-order valence-corrected chi connectivity index (χ4v) is 5.04. The molecule has 3 N–H and O–H groups in total. The highest BCUT2D eigenvalue weighted by Gasteiger charge is 2.20. The van der Waals surface area contributed by atoms with Crippen LogP contribution < -0.4 is 21.1 Å². The van der Waals surface area contributed by atoms with E-state index < -0.39 is 11.5 Å². The van der Waals surface area contributed by atoms with Gasteiger partial charge in [-0.25, -0.2) is 0 Å². The average molecular weight is 511 g/mol. The fourth-order valence-electron chi connectivity index (χ4n) is 5.04. The van der Waals surface area contributed by atoms with Gasteiger partial charge in [-0.1, -0.05) is 0 Å². The molecule has 0 unspecified atom stereocenters. The minimum atomic E-state index is -0.475. The van der Waals surface area contributed by atoms with Crippen molar-refractivity contribution in [2.45, 2.75) is 19.4 Å². The standard InChI is InChI=1S/C28H30N8O2/c1-34-15-17-35(18-16-34)22-10-8-21(9-11-22)31-28(38)25-23(12-13-29-27(25)37)30-20-6-4-19(5-7-20)26-33-32-24-3-2-14-36(24)26/h4-13H,2-3,14-18H2,1H3,(H,31,38)(H2,29,30,37). The number of aryl methyl sites for hydroxylation is 1. The number of carbonyl (C=O) groups is 1. The van der Waals surface area contributed by atoms with Crippen molar-refractivity contribution in [1.82, 2.24) is 24.6 Å². The van der Waals surface area contributed by atoms with Crippen molar-refractivity contribution in [1.29, 1.82) is 0 Å². The maximum Gasteiger partial charge on any atom is 0.263 e. The van der Waals surface area contributed by atoms with Gasteiger partial charge in [-0.2, -0.15) is 0 Å². The topological polar surface area (TPSA) is 111 Å². The minimum absolute atomic E-state index is 0.0231. The number of rotatable bonds is 6. The van der Waals surface area contributed by atoms with Crippen molar-refractivity contribution in [3.05, 3.63) is 82.5 Å². The van der Waals surface area contributed by atoms with Gasteiger partial charge in [-0.05, 0) is 68.1 Å². The largest absolute Gasteiger partial charge is 0.369 e. The number of carbonyl (C=O) groups excluding carboxylic acids is 1. The first kappa shape index (κ1) is 23.9. The van der Waals surface area contributed by atoms with Crippen molar-refractivity contribution in [2.24, 2.45) is 0 Å². The summed E-state index contributed by atoms with van der Waals surface area (Å²) in [4.78, 5) is 33.1. The number of nitrogens with zero attached hydrogens (tertiary/aromatic N) is 5. The summed E-state index contributed by atoms with van der Waals surface area (Å²) in [5.41, 5.74) is 3.47. The summed E-state index contributed by atoms with van der Waals surface area (Å²) >= 11 is 0. The highest BCUT2D eigenvalue weighted by atomic mass is 16.2. The molecule has 4 aromatic rings. The predicted molar refractivity (Wildman–Crippen MR) is 148 cm³/mol. The zero-order valence-electron chi connectivity index (χ0n) is 21.3. The van der Waals surface area contributed by atoms with E-state index >= 15 is 0 Å². The zero-order chi connectivity index (χ0) is 26.1. The van der Waals surface area contributed by atoms with Crippen LogP contribution in [0.15, 0.2) is 65.6 Å². The molecule has 2 aromatic carbocycles. The summed E-state index contributed by atoms with van der Waals surface area (Å²) in [5.74, 6) is 1.41. The molecule has 10 heteroatoms. The van der Waals surface area contributed by atoms with Crippen LogP contribution in [0.4, 0.5) is 22.7 Å². The molecule has 6 rings (SSSR count). The Bertz CT molecular complexity index is 1500. The van der Waals surface area contributed by atoms with Gasteiger partial charge in [0, 0.05) is 68.0 Å². The molecule has 0 bridgehead atoms. The summed E-state index contributed by atoms with van der Waals surface area (Å²) in [5, 5.41) is 14.7. The van der Waals surface area contributed by atoms with Crippen molar-refractivity contribution >= 4 is 28.7 Å². The predicted octanol–water partition coefficient (Wildman–Crippen LogP) is 3.33. The van der Waals surface area contributed by atoms with Crippen molar-refractivity contribution in [2.75, 3.05) is 48.8 Å². The first-order chi connectivity index (χ1) is 18.5. The van der Waals surface area contributed by atoms with Gasteiger partial charge in [0.05, 0.1) is 5.69 Å². The van der Waals surface area contributed by atoms with E-state index in [2.05, 4.69) is 47.2 Å². The number of anilines is 4. The van der Waals surface area contributed by atoms with Gasteiger partial charge in [0.1, 0.15) is 11.4 Å². The van der Waals surface area contributed by atoms with Crippen molar-refractivity contribution in [3.63, 3.8) is 0 Å². The first-order valence-corrected chi connectivity index (χ1v) is 12.9. The molecule has 10 nitrogen and oxygen atoms in total. The molecule has 1 fully saturated rings. The third-order valence-corrected chi connectivity index (χ3v) is 7.21. The Labute approximate surface area is 220 Å². The van der Waals surface area contributed by atoms with E-state index in [9.17, 15) is 9.59 Å². The number of benzene rings is 2. The zero-order valence-corrected chi connectivity index (χ0v) is 21.3. The average Bonchev–Trinajstić information content (AvgIpc) is 3.55. The number of aromatic amines is 1. The molecule has 194 valence electrons. The summed E-state index contributed by atoms with van der Waals surface area (Å²) in [7, 11) is 2.13. The quantitative estimate of drug-likeness (QED) is 0.365. The molecule has 1 saturated heterocycles. The van der Waals surface area contributed by atoms with E-state index in [0.717, 1.165) is 74.2 Å². The van der Waals surface area contributed by atoms with Gasteiger partial charge < -0.3 is 30.0 Å². The molecule has 0 aliphatic carbocycles. The Morgan fingerprint density at radius 1 is 0.895 bits per heavy atom. The van der Waals surface area contributed by atoms with Crippen LogP contribution in [-0.2, 0) is 13.0 Å². The van der Waals surface area contributed by atoms with E-state index in [0.29, 0.717) is 11.4 Å². The summed E-state index contributed by atoms with van der Waals surface area (Å²) in [6.45, 7) is 4.92. The van der Waals surface area contributed by atoms with Gasteiger partial charge in [0.15, 0.2) is 5.82 Å². The van der Waals surface area contributed by atoms with Crippen LogP contribution in [0.25, 0.3) is 11.4 Å². The molecule has 2 aromatic heterocycles. The normalized spacial score (nSPS) is 15.3. The number of hydrogen-bond donors (Lipinski definition) is 3. The van der Waals surface area contributed by atoms with Gasteiger partial charge in [0.2, 0.25) is 0 Å². The Balaban J connectivity index is 1.17. The van der Waals surface area contributed by atoms with E-state index in [1.807, 2.05) is 48.5 Å². The lowest BCUT2D eigenvalue weighted by Gasteiger charge is -2.34. The van der Waals surface area contributed by atoms with Gasteiger partial charge >= 0.3 is 0 Å². The second kappa shape index (κ2) is 10.1. The minimum Gasteiger partial charge on any atom is -0.369 e. The molecule has 1 amide bonds. The molecule has 4 heterocycles. The van der Waals surface area contributed by atoms with Crippen LogP contribution in [0.2, 0.25) is 0 Å². The molecular formula is C28H30N8O2. The molecule has 0 spiro atoms. The highest BCUT2D eigenvalue weighted by Crippen LogP contribution is 2.26. The second-order valence-electron chi connectivity index (χ2n) is 9.78. The molecular weight excluding hydrogens is 480 g/mol. The lowest BCUT2D eigenvalue weighted by atomic mass is 10.1. The van der Waals surface area contributed by atoms with E-state index in [1.54, 1.807) is 6.07 Å². The smallest absolute Gasteiger partial charge is 0.263 e. The lowest BCUT2D eigenvalue weighted by molar-refractivity contribution is 0.102. The first-order valence-electron chi connectivity index (χ1n) is 12.9. The van der Waals surface area contributed by atoms with Crippen LogP contribution in [0.5, 0.6) is 0 Å². The van der Waals surface area contributed by atoms with Crippen LogP contribution in [0, 0.1) is 0 Å². The number of aromatic nitrogens is 4. The summed E-state index contributed by atoms with van der Waals surface area (Å²) in [6, 6.07) is 17.2. The van der Waals surface area contributed by atoms with E-state index in [1.165, 1.54) is 6.20 Å². The molecule has 0 atom stereocenters. The van der Waals surface area contributed by atoms with Crippen molar-refractivity contribution in [3.8, 4) is 11.4 Å². The Kier molecular flexibility index (Phi) is 6.38. The monoisotopic (exact) mass is 510 g/mol. The highest BCUT2D eigenvalue weighted by molar-refractivity contribution is 6.08. The van der Waals surface area contributed by atoms with Gasteiger partial charge in [0.25, 0.3) is 11.5 Å². The number of amides is 1. The number of pyridine rings is 1. The Morgan fingerprint density at radius 2 is 1.63 bits per heavy atom. The molecule has 0 radical (unpaired) electrons. The van der Waals surface area contributed by atoms with Crippen LogP contribution in [0.1, 0.15) is 22.6 Å². The van der Waals surface area contributed by atoms with E-state index in [-0.39, 0.29) is 5.56 Å². The number of likely N-dealkylation sites (N-methyl/N-ethyl adjacent to an activating group) is 1. The van der Waals surface area contributed by atoms with Crippen LogP contribution in [-0.4, -0.2) is 63.8 Å². The Morgan fingerprint density at radius 3 is 2.39 bits per heavy atom. The maximum atomic E-state index is 13.2. The number of H-pyrrole nitrogens is 1. The van der Waals surface area contributed by atoms with Crippen LogP contribution in [0.3, 0.4) is 0 Å². The van der Waals surface area contributed by atoms with Crippen LogP contribution >= 0.6 is 0 Å². The van der Waals surface area contributed by atoms with Gasteiger partial charge in [-0.3, -0.25) is 9.59 Å². The number of piperazine rings is 1. The molecule has 0 saturated carbocycles. The lowest BCUT2D eigenvalue weighted by Crippen LogP contribution is -2.44. The fraction of sp³-hybridized carbons (Fsp3) is 0.286. The SMILES string of the molecule is CN1CCN(c2ccc(NC(=O)c3c(Nc4ccc(-c5nnc6n5CCC6)cc4)cc[nH]c3=O)cc2)CC1. The molecule has 2 aliphatic rings. The number of nitrogens with one attached hydrogen (secondary N) is 3. The third kappa shape index (κ3) is 4.78. The summed E-state index contributed by atoms with van der Waals surface area (Å²) < 4.78 is 2.15. The van der Waals surface area contributed by atoms with E-state index in [4.69, 9.17) is 0 Å². The molecule has 2 aliphatic heterocycles. The van der Waals surface area contributed by atoms with Crippen molar-refractivity contribution < 1.29 is 4.79 Å². The maximum absolute atomic E-state index is 13.2.